The zero-order valence-electron chi connectivity index (χ0n) is 11.6. The summed E-state index contributed by atoms with van der Waals surface area (Å²) in [7, 11) is -3.37. The molecule has 0 spiro atoms. The van der Waals surface area contributed by atoms with Gasteiger partial charge in [-0.05, 0) is 23.6 Å². The topological polar surface area (TPSA) is 80.5 Å². The van der Waals surface area contributed by atoms with Crippen molar-refractivity contribution in [3.8, 4) is 0 Å². The Labute approximate surface area is 119 Å². The first kappa shape index (κ1) is 15.0. The van der Waals surface area contributed by atoms with Crippen LogP contribution in [0.25, 0.3) is 0 Å². The van der Waals surface area contributed by atoms with Crippen LogP contribution in [0.15, 0.2) is 29.2 Å². The molecule has 1 aliphatic heterocycles. The van der Waals surface area contributed by atoms with Crippen molar-refractivity contribution in [2.45, 2.75) is 24.8 Å². The SMILES string of the molecule is CC1CC(=O)N(CCS(=O)(=O)c2cccc(CN)c2)C1. The molecule has 0 aromatic heterocycles. The summed E-state index contributed by atoms with van der Waals surface area (Å²) < 4.78 is 24.5. The van der Waals surface area contributed by atoms with E-state index in [9.17, 15) is 13.2 Å². The maximum absolute atomic E-state index is 12.3. The minimum absolute atomic E-state index is 0.0422. The highest BCUT2D eigenvalue weighted by molar-refractivity contribution is 7.91. The Morgan fingerprint density at radius 2 is 2.15 bits per heavy atom. The average molecular weight is 296 g/mol. The van der Waals surface area contributed by atoms with Crippen LogP contribution in [-0.2, 0) is 21.2 Å². The van der Waals surface area contributed by atoms with Crippen LogP contribution in [0.3, 0.4) is 0 Å². The van der Waals surface area contributed by atoms with E-state index in [1.54, 1.807) is 29.2 Å². The number of rotatable bonds is 5. The normalized spacial score (nSPS) is 19.6. The predicted molar refractivity (Wildman–Crippen MR) is 76.7 cm³/mol. The molecule has 0 aliphatic carbocycles. The fourth-order valence-electron chi connectivity index (χ4n) is 2.40. The first-order valence-corrected chi connectivity index (χ1v) is 8.37. The van der Waals surface area contributed by atoms with Crippen molar-refractivity contribution in [1.29, 1.82) is 0 Å². The monoisotopic (exact) mass is 296 g/mol. The maximum atomic E-state index is 12.3. The third kappa shape index (κ3) is 3.37. The van der Waals surface area contributed by atoms with E-state index < -0.39 is 9.84 Å². The van der Waals surface area contributed by atoms with Crippen molar-refractivity contribution < 1.29 is 13.2 Å². The molecule has 20 heavy (non-hydrogen) atoms. The van der Waals surface area contributed by atoms with Crippen LogP contribution in [0.5, 0.6) is 0 Å². The number of likely N-dealkylation sites (tertiary alicyclic amines) is 1. The van der Waals surface area contributed by atoms with Gasteiger partial charge in [-0.15, -0.1) is 0 Å². The molecular formula is C14H20N2O3S. The van der Waals surface area contributed by atoms with Gasteiger partial charge in [-0.25, -0.2) is 8.42 Å². The summed E-state index contributed by atoms with van der Waals surface area (Å²) in [5.74, 6) is 0.314. The quantitative estimate of drug-likeness (QED) is 0.871. The largest absolute Gasteiger partial charge is 0.341 e. The van der Waals surface area contributed by atoms with Crippen LogP contribution in [0, 0.1) is 5.92 Å². The zero-order chi connectivity index (χ0) is 14.8. The number of nitrogens with zero attached hydrogens (tertiary/aromatic N) is 1. The van der Waals surface area contributed by atoms with Crippen LogP contribution >= 0.6 is 0 Å². The Kier molecular flexibility index (Phi) is 4.45. The first-order chi connectivity index (χ1) is 9.42. The van der Waals surface area contributed by atoms with Crippen LogP contribution in [0.1, 0.15) is 18.9 Å². The van der Waals surface area contributed by atoms with Gasteiger partial charge >= 0.3 is 0 Å². The molecule has 0 bridgehead atoms. The van der Waals surface area contributed by atoms with Gasteiger partial charge in [0.2, 0.25) is 5.91 Å². The Morgan fingerprint density at radius 3 is 2.75 bits per heavy atom. The molecule has 110 valence electrons. The number of nitrogens with two attached hydrogens (primary N) is 1. The van der Waals surface area contributed by atoms with E-state index in [1.165, 1.54) is 0 Å². The van der Waals surface area contributed by atoms with E-state index in [4.69, 9.17) is 5.73 Å². The second-order valence-corrected chi connectivity index (χ2v) is 7.43. The second kappa shape index (κ2) is 5.93. The lowest BCUT2D eigenvalue weighted by Gasteiger charge is -2.16. The smallest absolute Gasteiger partial charge is 0.222 e. The van der Waals surface area contributed by atoms with Crippen LogP contribution in [0.2, 0.25) is 0 Å². The third-order valence-electron chi connectivity index (χ3n) is 3.53. The number of hydrogen-bond acceptors (Lipinski definition) is 4. The minimum Gasteiger partial charge on any atom is -0.341 e. The maximum Gasteiger partial charge on any atom is 0.222 e. The summed E-state index contributed by atoms with van der Waals surface area (Å²) in [5, 5.41) is 0. The molecule has 2 N–H and O–H groups in total. The van der Waals surface area contributed by atoms with Gasteiger partial charge in [-0.1, -0.05) is 19.1 Å². The summed E-state index contributed by atoms with van der Waals surface area (Å²) in [5.41, 5.74) is 6.31. The number of benzene rings is 1. The van der Waals surface area contributed by atoms with E-state index >= 15 is 0 Å². The number of carbonyl (C=O) groups excluding carboxylic acids is 1. The molecular weight excluding hydrogens is 276 g/mol. The Hall–Kier alpha value is -1.40. The van der Waals surface area contributed by atoms with Gasteiger partial charge in [0.1, 0.15) is 0 Å². The lowest BCUT2D eigenvalue weighted by atomic mass is 10.2. The molecule has 1 aliphatic rings. The fraction of sp³-hybridized carbons (Fsp3) is 0.500. The van der Waals surface area contributed by atoms with E-state index in [-0.39, 0.29) is 23.1 Å². The van der Waals surface area contributed by atoms with Crippen molar-refractivity contribution in [1.82, 2.24) is 4.90 Å². The average Bonchev–Trinajstić information content (AvgIpc) is 2.75. The fourth-order valence-corrected chi connectivity index (χ4v) is 3.71. The molecule has 1 saturated heterocycles. The Balaban J connectivity index is 2.05. The van der Waals surface area contributed by atoms with Crippen molar-refractivity contribution in [3.05, 3.63) is 29.8 Å². The van der Waals surface area contributed by atoms with Crippen molar-refractivity contribution >= 4 is 15.7 Å². The van der Waals surface area contributed by atoms with Gasteiger partial charge in [-0.3, -0.25) is 4.79 Å². The Morgan fingerprint density at radius 1 is 1.40 bits per heavy atom. The molecule has 0 saturated carbocycles. The molecule has 1 aromatic rings. The summed E-state index contributed by atoms with van der Waals surface area (Å²) >= 11 is 0. The second-order valence-electron chi connectivity index (χ2n) is 5.32. The lowest BCUT2D eigenvalue weighted by Crippen LogP contribution is -2.30. The summed E-state index contributed by atoms with van der Waals surface area (Å²) in [6, 6.07) is 6.66. The molecule has 1 amide bonds. The van der Waals surface area contributed by atoms with Gasteiger partial charge in [0.05, 0.1) is 10.6 Å². The van der Waals surface area contributed by atoms with Gasteiger partial charge < -0.3 is 10.6 Å². The molecule has 0 radical (unpaired) electrons. The summed E-state index contributed by atoms with van der Waals surface area (Å²) in [6.07, 6.45) is 0.517. The van der Waals surface area contributed by atoms with Crippen LogP contribution < -0.4 is 5.73 Å². The first-order valence-electron chi connectivity index (χ1n) is 6.72. The highest BCUT2D eigenvalue weighted by Gasteiger charge is 2.27. The van der Waals surface area contributed by atoms with Gasteiger partial charge in [0.25, 0.3) is 0 Å². The summed E-state index contributed by atoms with van der Waals surface area (Å²) in [6.45, 7) is 3.22. The summed E-state index contributed by atoms with van der Waals surface area (Å²) in [4.78, 5) is 13.6. The molecule has 1 unspecified atom stereocenters. The van der Waals surface area contributed by atoms with Gasteiger partial charge in [0, 0.05) is 26.1 Å². The number of amides is 1. The van der Waals surface area contributed by atoms with E-state index in [2.05, 4.69) is 0 Å². The van der Waals surface area contributed by atoms with Crippen molar-refractivity contribution in [2.75, 3.05) is 18.8 Å². The number of carbonyl (C=O) groups is 1. The van der Waals surface area contributed by atoms with Crippen molar-refractivity contribution in [3.63, 3.8) is 0 Å². The molecule has 1 heterocycles. The van der Waals surface area contributed by atoms with Gasteiger partial charge in [0.15, 0.2) is 9.84 Å². The molecule has 1 fully saturated rings. The molecule has 5 nitrogen and oxygen atoms in total. The lowest BCUT2D eigenvalue weighted by molar-refractivity contribution is -0.127. The van der Waals surface area contributed by atoms with E-state index in [0.29, 0.717) is 25.4 Å². The number of hydrogen-bond donors (Lipinski definition) is 1. The molecule has 1 aromatic carbocycles. The molecule has 6 heteroatoms. The zero-order valence-corrected chi connectivity index (χ0v) is 12.4. The molecule has 2 rings (SSSR count). The van der Waals surface area contributed by atoms with Crippen LogP contribution in [-0.4, -0.2) is 38.1 Å². The molecule has 1 atom stereocenters. The minimum atomic E-state index is -3.37. The third-order valence-corrected chi connectivity index (χ3v) is 5.22. The Bertz CT molecular complexity index is 598. The van der Waals surface area contributed by atoms with Crippen LogP contribution in [0.4, 0.5) is 0 Å². The predicted octanol–water partition coefficient (Wildman–Crippen LogP) is 0.787. The standard InChI is InChI=1S/C14H20N2O3S/c1-11-7-14(17)16(10-11)5-6-20(18,19)13-4-2-3-12(8-13)9-15/h2-4,8,11H,5-7,9-10,15H2,1H3. The van der Waals surface area contributed by atoms with E-state index in [1.807, 2.05) is 6.92 Å². The highest BCUT2D eigenvalue weighted by Crippen LogP contribution is 2.18. The van der Waals surface area contributed by atoms with Crippen molar-refractivity contribution in [2.24, 2.45) is 11.7 Å². The number of sulfone groups is 1. The highest BCUT2D eigenvalue weighted by atomic mass is 32.2. The van der Waals surface area contributed by atoms with Gasteiger partial charge in [-0.2, -0.15) is 0 Å². The van der Waals surface area contributed by atoms with E-state index in [0.717, 1.165) is 5.56 Å².